The average molecular weight is 328 g/mol. The summed E-state index contributed by atoms with van der Waals surface area (Å²) in [6.45, 7) is 3.81. The summed E-state index contributed by atoms with van der Waals surface area (Å²) in [5, 5.41) is 6.80. The number of nitrogens with zero attached hydrogens (tertiary/aromatic N) is 2. The Kier molecular flexibility index (Phi) is 4.22. The van der Waals surface area contributed by atoms with Crippen LogP contribution in [0.1, 0.15) is 18.1 Å². The van der Waals surface area contributed by atoms with E-state index in [2.05, 4.69) is 24.1 Å². The number of sulfone groups is 1. The van der Waals surface area contributed by atoms with Crippen LogP contribution in [0.4, 0.5) is 0 Å². The van der Waals surface area contributed by atoms with Gasteiger partial charge in [-0.2, -0.15) is 5.10 Å². The zero-order valence-electron chi connectivity index (χ0n) is 13.3. The molecule has 0 radical (unpaired) electrons. The van der Waals surface area contributed by atoms with Crippen LogP contribution in [0.5, 0.6) is 0 Å². The lowest BCUT2D eigenvalue weighted by molar-refractivity contribution is 0.292. The fourth-order valence-corrected chi connectivity index (χ4v) is 3.43. The second-order valence-electron chi connectivity index (χ2n) is 6.02. The molecule has 1 heterocycles. The molecule has 0 spiro atoms. The molecule has 0 fully saturated rings. The summed E-state index contributed by atoms with van der Waals surface area (Å²) < 4.78 is 23.1. The minimum atomic E-state index is -3.16. The maximum atomic E-state index is 11.5. The van der Waals surface area contributed by atoms with Crippen molar-refractivity contribution in [2.75, 3.05) is 12.8 Å². The lowest BCUT2D eigenvalue weighted by Crippen LogP contribution is -2.17. The molecule has 23 heavy (non-hydrogen) atoms. The molecule has 1 aliphatic rings. The largest absolute Gasteiger partial charge is 0.292 e. The second-order valence-corrected chi connectivity index (χ2v) is 8.03. The summed E-state index contributed by atoms with van der Waals surface area (Å²) in [5.41, 5.74) is 3.23. The van der Waals surface area contributed by atoms with E-state index in [9.17, 15) is 8.42 Å². The Labute approximate surface area is 137 Å². The van der Waals surface area contributed by atoms with E-state index in [4.69, 9.17) is 5.10 Å². The molecule has 4 nitrogen and oxygen atoms in total. The van der Waals surface area contributed by atoms with Crippen molar-refractivity contribution in [1.29, 1.82) is 0 Å². The third-order valence-corrected chi connectivity index (χ3v) is 5.12. The summed E-state index contributed by atoms with van der Waals surface area (Å²) in [6, 6.07) is 17.3. The van der Waals surface area contributed by atoms with Crippen molar-refractivity contribution in [2.24, 2.45) is 11.0 Å². The van der Waals surface area contributed by atoms with Crippen molar-refractivity contribution in [2.45, 2.75) is 18.4 Å². The first-order chi connectivity index (χ1) is 10.9. The van der Waals surface area contributed by atoms with Gasteiger partial charge in [0, 0.05) is 18.7 Å². The highest BCUT2D eigenvalue weighted by molar-refractivity contribution is 7.90. The molecule has 3 rings (SSSR count). The van der Waals surface area contributed by atoms with Gasteiger partial charge in [-0.1, -0.05) is 49.4 Å². The Morgan fingerprint density at radius 1 is 1.09 bits per heavy atom. The lowest BCUT2D eigenvalue weighted by atomic mass is 9.99. The molecule has 1 atom stereocenters. The van der Waals surface area contributed by atoms with Crippen LogP contribution in [0.15, 0.2) is 64.6 Å². The summed E-state index contributed by atoms with van der Waals surface area (Å²) in [4.78, 5) is 0.341. The first-order valence-corrected chi connectivity index (χ1v) is 9.50. The quantitative estimate of drug-likeness (QED) is 0.867. The number of hydrazone groups is 1. The van der Waals surface area contributed by atoms with E-state index < -0.39 is 9.84 Å². The van der Waals surface area contributed by atoms with E-state index in [1.807, 2.05) is 30.3 Å². The maximum absolute atomic E-state index is 11.5. The molecule has 0 saturated heterocycles. The molecule has 0 aromatic heterocycles. The molecule has 0 saturated carbocycles. The van der Waals surface area contributed by atoms with Crippen LogP contribution in [-0.4, -0.2) is 31.9 Å². The third kappa shape index (κ3) is 3.62. The molecular formula is C18H20N2O2S. The van der Waals surface area contributed by atoms with E-state index in [0.717, 1.165) is 24.4 Å². The Bertz CT molecular complexity index is 812. The Morgan fingerprint density at radius 3 is 2.35 bits per heavy atom. The normalized spacial score (nSPS) is 18.1. The van der Waals surface area contributed by atoms with Crippen molar-refractivity contribution in [1.82, 2.24) is 5.01 Å². The van der Waals surface area contributed by atoms with Crippen molar-refractivity contribution >= 4 is 15.5 Å². The van der Waals surface area contributed by atoms with E-state index >= 15 is 0 Å². The summed E-state index contributed by atoms with van der Waals surface area (Å²) in [7, 11) is -3.16. The molecule has 0 amide bonds. The number of hydrogen-bond acceptors (Lipinski definition) is 4. The van der Waals surface area contributed by atoms with Crippen LogP contribution in [-0.2, 0) is 16.4 Å². The van der Waals surface area contributed by atoms with Gasteiger partial charge in [0.1, 0.15) is 0 Å². The van der Waals surface area contributed by atoms with Gasteiger partial charge in [0.25, 0.3) is 0 Å². The standard InChI is InChI=1S/C18H20N2O2S/c1-14-12-20(13-15-6-4-3-5-7-15)19-18(14)16-8-10-17(11-9-16)23(2,21)22/h3-11,14H,12-13H2,1-2H3. The maximum Gasteiger partial charge on any atom is 0.175 e. The first-order valence-electron chi connectivity index (χ1n) is 7.61. The Hall–Kier alpha value is -2.14. The van der Waals surface area contributed by atoms with Gasteiger partial charge in [-0.15, -0.1) is 0 Å². The number of benzene rings is 2. The van der Waals surface area contributed by atoms with Crippen molar-refractivity contribution in [3.05, 3.63) is 65.7 Å². The molecule has 0 aliphatic carbocycles. The van der Waals surface area contributed by atoms with Crippen molar-refractivity contribution in [3.8, 4) is 0 Å². The van der Waals surface area contributed by atoms with Gasteiger partial charge in [-0.05, 0) is 23.3 Å². The van der Waals surface area contributed by atoms with Gasteiger partial charge in [-0.3, -0.25) is 5.01 Å². The van der Waals surface area contributed by atoms with Gasteiger partial charge in [0.05, 0.1) is 17.2 Å². The molecule has 0 bridgehead atoms. The van der Waals surface area contributed by atoms with E-state index in [-0.39, 0.29) is 0 Å². The average Bonchev–Trinajstić information content (AvgIpc) is 2.88. The van der Waals surface area contributed by atoms with Crippen molar-refractivity contribution in [3.63, 3.8) is 0 Å². The highest BCUT2D eigenvalue weighted by atomic mass is 32.2. The Morgan fingerprint density at radius 2 is 1.74 bits per heavy atom. The highest BCUT2D eigenvalue weighted by Gasteiger charge is 2.24. The van der Waals surface area contributed by atoms with Crippen LogP contribution in [0.3, 0.4) is 0 Å². The first kappa shape index (κ1) is 15.7. The number of rotatable bonds is 4. The minimum Gasteiger partial charge on any atom is -0.292 e. The monoisotopic (exact) mass is 328 g/mol. The predicted octanol–water partition coefficient (Wildman–Crippen LogP) is 2.95. The smallest absolute Gasteiger partial charge is 0.175 e. The topological polar surface area (TPSA) is 49.7 Å². The van der Waals surface area contributed by atoms with E-state index in [1.165, 1.54) is 11.8 Å². The fraction of sp³-hybridized carbons (Fsp3) is 0.278. The van der Waals surface area contributed by atoms with Gasteiger partial charge in [-0.25, -0.2) is 8.42 Å². The summed E-state index contributed by atoms with van der Waals surface area (Å²) in [5.74, 6) is 0.322. The van der Waals surface area contributed by atoms with Gasteiger partial charge in [0.2, 0.25) is 0 Å². The lowest BCUT2D eigenvalue weighted by Gasteiger charge is -2.14. The highest BCUT2D eigenvalue weighted by Crippen LogP contribution is 2.22. The van der Waals surface area contributed by atoms with Crippen LogP contribution in [0.25, 0.3) is 0 Å². The molecule has 1 unspecified atom stereocenters. The molecule has 1 aliphatic heterocycles. The third-order valence-electron chi connectivity index (χ3n) is 3.99. The zero-order chi connectivity index (χ0) is 16.4. The SMILES string of the molecule is CC1CN(Cc2ccccc2)N=C1c1ccc(S(C)(=O)=O)cc1. The van der Waals surface area contributed by atoms with Gasteiger partial charge >= 0.3 is 0 Å². The van der Waals surface area contributed by atoms with Crippen LogP contribution < -0.4 is 0 Å². The summed E-state index contributed by atoms with van der Waals surface area (Å²) >= 11 is 0. The Balaban J connectivity index is 1.80. The molecule has 5 heteroatoms. The fourth-order valence-electron chi connectivity index (χ4n) is 2.80. The summed E-state index contributed by atoms with van der Waals surface area (Å²) in [6.07, 6.45) is 1.22. The van der Waals surface area contributed by atoms with Crippen LogP contribution >= 0.6 is 0 Å². The van der Waals surface area contributed by atoms with Crippen molar-refractivity contribution < 1.29 is 8.42 Å². The van der Waals surface area contributed by atoms with E-state index in [0.29, 0.717) is 10.8 Å². The van der Waals surface area contributed by atoms with Gasteiger partial charge < -0.3 is 0 Å². The molecular weight excluding hydrogens is 308 g/mol. The molecule has 0 N–H and O–H groups in total. The zero-order valence-corrected chi connectivity index (χ0v) is 14.1. The molecule has 2 aromatic rings. The molecule has 2 aromatic carbocycles. The predicted molar refractivity (Wildman–Crippen MR) is 92.1 cm³/mol. The van der Waals surface area contributed by atoms with E-state index in [1.54, 1.807) is 12.1 Å². The van der Waals surface area contributed by atoms with Crippen LogP contribution in [0.2, 0.25) is 0 Å². The van der Waals surface area contributed by atoms with Crippen LogP contribution in [0, 0.1) is 5.92 Å². The van der Waals surface area contributed by atoms with Gasteiger partial charge in [0.15, 0.2) is 9.84 Å². The number of hydrogen-bond donors (Lipinski definition) is 0. The second kappa shape index (κ2) is 6.16. The molecule has 120 valence electrons. The minimum absolute atomic E-state index is 0.322.